The molecule has 0 N–H and O–H groups in total. The molecule has 0 radical (unpaired) electrons. The highest BCUT2D eigenvalue weighted by molar-refractivity contribution is 8.14. The largest absolute Gasteiger partial charge is 0.353 e. The Bertz CT molecular complexity index is 1160. The van der Waals surface area contributed by atoms with Gasteiger partial charge < -0.3 is 14.7 Å². The van der Waals surface area contributed by atoms with Gasteiger partial charge in [0.25, 0.3) is 11.8 Å². The first-order valence-electron chi connectivity index (χ1n) is 11.1. The van der Waals surface area contributed by atoms with Gasteiger partial charge in [-0.3, -0.25) is 9.59 Å². The third-order valence-corrected chi connectivity index (χ3v) is 8.03. The van der Waals surface area contributed by atoms with Crippen molar-refractivity contribution in [1.82, 2.24) is 14.8 Å². The van der Waals surface area contributed by atoms with Gasteiger partial charge >= 0.3 is 0 Å². The van der Waals surface area contributed by atoms with Gasteiger partial charge in [-0.25, -0.2) is 4.98 Å². The fraction of sp³-hybridized carbons (Fsp3) is 0.333. The number of aromatic nitrogens is 1. The number of nitrogens with zero attached hydrogens (tertiary/aromatic N) is 5. The van der Waals surface area contributed by atoms with Crippen LogP contribution < -0.4 is 4.90 Å². The van der Waals surface area contributed by atoms with Crippen LogP contribution in [-0.2, 0) is 4.79 Å². The lowest BCUT2D eigenvalue weighted by Gasteiger charge is -2.35. The van der Waals surface area contributed by atoms with E-state index in [-0.39, 0.29) is 11.8 Å². The molecule has 0 unspecified atom stereocenters. The molecular formula is C24H24ClN5O2S2. The minimum absolute atomic E-state index is 0.0372. The Hall–Kier alpha value is -2.49. The Morgan fingerprint density at radius 3 is 2.62 bits per heavy atom. The van der Waals surface area contributed by atoms with Crippen LogP contribution in [0.5, 0.6) is 0 Å². The molecule has 2 aromatic rings. The zero-order valence-corrected chi connectivity index (χ0v) is 20.9. The smallest absolute Gasteiger partial charge is 0.258 e. The molecule has 0 spiro atoms. The third kappa shape index (κ3) is 5.26. The predicted octanol–water partition coefficient (Wildman–Crippen LogP) is 3.72. The highest BCUT2D eigenvalue weighted by Crippen LogP contribution is 2.28. The van der Waals surface area contributed by atoms with E-state index in [2.05, 4.69) is 25.9 Å². The van der Waals surface area contributed by atoms with Crippen LogP contribution in [0.3, 0.4) is 0 Å². The highest BCUT2D eigenvalue weighted by atomic mass is 35.5. The molecule has 176 valence electrons. The van der Waals surface area contributed by atoms with Crippen molar-refractivity contribution in [2.24, 2.45) is 4.99 Å². The summed E-state index contributed by atoms with van der Waals surface area (Å²) < 4.78 is 0. The van der Waals surface area contributed by atoms with Gasteiger partial charge in [-0.1, -0.05) is 41.6 Å². The number of amides is 2. The Morgan fingerprint density at radius 2 is 1.85 bits per heavy atom. The molecule has 0 bridgehead atoms. The summed E-state index contributed by atoms with van der Waals surface area (Å²) >= 11 is 9.39. The number of pyridine rings is 1. The Labute approximate surface area is 212 Å². The second kappa shape index (κ2) is 10.4. The topological polar surface area (TPSA) is 69.1 Å². The molecule has 2 amide bonds. The Balaban J connectivity index is 1.28. The van der Waals surface area contributed by atoms with Crippen LogP contribution in [-0.4, -0.2) is 81.7 Å². The summed E-state index contributed by atoms with van der Waals surface area (Å²) in [6.45, 7) is 3.53. The molecule has 10 heteroatoms. The minimum Gasteiger partial charge on any atom is -0.353 e. The van der Waals surface area contributed by atoms with Gasteiger partial charge in [0.15, 0.2) is 5.17 Å². The van der Waals surface area contributed by atoms with E-state index in [9.17, 15) is 9.59 Å². The van der Waals surface area contributed by atoms with Crippen LogP contribution in [0.2, 0.25) is 5.15 Å². The van der Waals surface area contributed by atoms with Crippen molar-refractivity contribution in [1.29, 1.82) is 0 Å². The van der Waals surface area contributed by atoms with Crippen molar-refractivity contribution in [3.05, 3.63) is 64.4 Å². The summed E-state index contributed by atoms with van der Waals surface area (Å²) in [6, 6.07) is 13.4. The molecule has 4 heterocycles. The number of benzene rings is 1. The van der Waals surface area contributed by atoms with Crippen LogP contribution in [0.25, 0.3) is 6.08 Å². The summed E-state index contributed by atoms with van der Waals surface area (Å²) in [7, 11) is 0. The third-order valence-electron chi connectivity index (χ3n) is 5.89. The summed E-state index contributed by atoms with van der Waals surface area (Å²) in [5.41, 5.74) is 2.77. The zero-order valence-electron chi connectivity index (χ0n) is 18.5. The van der Waals surface area contributed by atoms with Gasteiger partial charge in [0.05, 0.1) is 5.75 Å². The zero-order chi connectivity index (χ0) is 23.5. The standard InChI is InChI=1S/C24H24ClN5O2S2/c25-20-5-2-6-21(26-20)28-7-9-29(10-8-28)23(32)18-4-1-3-17(13-18)14-19-15-33-12-11-30(19)24-27-22(31)16-34-24/h1-6,13-14H,7-12,15-16H2. The lowest BCUT2D eigenvalue weighted by Crippen LogP contribution is -2.49. The maximum Gasteiger partial charge on any atom is 0.258 e. The first-order valence-corrected chi connectivity index (χ1v) is 13.7. The van der Waals surface area contributed by atoms with E-state index in [0.717, 1.165) is 40.3 Å². The molecule has 2 fully saturated rings. The Morgan fingerprint density at radius 1 is 1.03 bits per heavy atom. The second-order valence-electron chi connectivity index (χ2n) is 8.14. The quantitative estimate of drug-likeness (QED) is 0.579. The van der Waals surface area contributed by atoms with Crippen molar-refractivity contribution >= 4 is 64.0 Å². The van der Waals surface area contributed by atoms with Gasteiger partial charge in [0.2, 0.25) is 0 Å². The lowest BCUT2D eigenvalue weighted by atomic mass is 10.1. The molecule has 2 saturated heterocycles. The average Bonchev–Trinajstić information content (AvgIpc) is 3.30. The first kappa shape index (κ1) is 23.3. The number of carbonyl (C=O) groups excluding carboxylic acids is 2. The molecule has 34 heavy (non-hydrogen) atoms. The van der Waals surface area contributed by atoms with Crippen LogP contribution in [0.15, 0.2) is 53.2 Å². The average molecular weight is 514 g/mol. The summed E-state index contributed by atoms with van der Waals surface area (Å²) in [5, 5.41) is 1.26. The summed E-state index contributed by atoms with van der Waals surface area (Å²) in [5.74, 6) is 3.07. The number of aliphatic imine (C=N–C) groups is 1. The van der Waals surface area contributed by atoms with Gasteiger partial charge in [-0.15, -0.1) is 0 Å². The van der Waals surface area contributed by atoms with E-state index < -0.39 is 0 Å². The number of halogens is 1. The van der Waals surface area contributed by atoms with E-state index in [1.807, 2.05) is 53.1 Å². The van der Waals surface area contributed by atoms with Gasteiger partial charge in [-0.2, -0.15) is 16.8 Å². The van der Waals surface area contributed by atoms with E-state index >= 15 is 0 Å². The summed E-state index contributed by atoms with van der Waals surface area (Å²) in [6.07, 6.45) is 2.11. The Kier molecular flexibility index (Phi) is 7.12. The molecule has 7 nitrogen and oxygen atoms in total. The lowest BCUT2D eigenvalue weighted by molar-refractivity contribution is -0.115. The van der Waals surface area contributed by atoms with Crippen LogP contribution in [0.1, 0.15) is 15.9 Å². The molecule has 3 aliphatic heterocycles. The van der Waals surface area contributed by atoms with Gasteiger partial charge in [0.1, 0.15) is 11.0 Å². The number of thioether (sulfide) groups is 2. The molecular weight excluding hydrogens is 490 g/mol. The number of piperazine rings is 1. The number of amidine groups is 1. The maximum atomic E-state index is 13.2. The number of hydrogen-bond donors (Lipinski definition) is 0. The number of rotatable bonds is 3. The molecule has 0 saturated carbocycles. The molecule has 1 aromatic heterocycles. The molecule has 1 aromatic carbocycles. The normalized spacial score (nSPS) is 20.1. The van der Waals surface area contributed by atoms with Crippen molar-refractivity contribution in [3.8, 4) is 0 Å². The molecule has 3 aliphatic rings. The molecule has 5 rings (SSSR count). The fourth-order valence-electron chi connectivity index (χ4n) is 4.18. The molecule has 0 atom stereocenters. The monoisotopic (exact) mass is 513 g/mol. The van der Waals surface area contributed by atoms with Gasteiger partial charge in [0, 0.05) is 55.5 Å². The van der Waals surface area contributed by atoms with Crippen LogP contribution >= 0.6 is 35.1 Å². The van der Waals surface area contributed by atoms with Crippen molar-refractivity contribution in [2.45, 2.75) is 0 Å². The van der Waals surface area contributed by atoms with Crippen molar-refractivity contribution in [2.75, 3.05) is 54.9 Å². The van der Waals surface area contributed by atoms with Crippen molar-refractivity contribution in [3.63, 3.8) is 0 Å². The van der Waals surface area contributed by atoms with Crippen LogP contribution in [0.4, 0.5) is 5.82 Å². The van der Waals surface area contributed by atoms with E-state index in [1.165, 1.54) is 11.8 Å². The van der Waals surface area contributed by atoms with E-state index in [4.69, 9.17) is 11.6 Å². The summed E-state index contributed by atoms with van der Waals surface area (Å²) in [4.78, 5) is 39.6. The number of hydrogen-bond acceptors (Lipinski definition) is 7. The fourth-order valence-corrected chi connectivity index (χ4v) is 6.09. The number of anilines is 1. The van der Waals surface area contributed by atoms with Crippen LogP contribution in [0, 0.1) is 0 Å². The maximum absolute atomic E-state index is 13.2. The minimum atomic E-state index is -0.0728. The molecule has 0 aliphatic carbocycles. The van der Waals surface area contributed by atoms with E-state index in [0.29, 0.717) is 42.6 Å². The second-order valence-corrected chi connectivity index (χ2v) is 10.6. The van der Waals surface area contributed by atoms with E-state index in [1.54, 1.807) is 6.07 Å². The van der Waals surface area contributed by atoms with Crippen molar-refractivity contribution < 1.29 is 9.59 Å². The van der Waals surface area contributed by atoms with Gasteiger partial charge in [-0.05, 0) is 35.9 Å². The highest BCUT2D eigenvalue weighted by Gasteiger charge is 2.26. The first-order chi connectivity index (χ1) is 16.6. The number of carbonyl (C=O) groups is 2. The SMILES string of the molecule is O=C1CSC(N2CCSCC2=Cc2cccc(C(=O)N3CCN(c4cccc(Cl)n4)CC3)c2)=N1. The predicted molar refractivity (Wildman–Crippen MR) is 141 cm³/mol.